The number of piperazine rings is 1. The molecule has 0 radical (unpaired) electrons. The summed E-state index contributed by atoms with van der Waals surface area (Å²) in [6, 6.07) is 6.17. The van der Waals surface area contributed by atoms with E-state index in [2.05, 4.69) is 9.80 Å². The van der Waals surface area contributed by atoms with Crippen molar-refractivity contribution in [2.75, 3.05) is 45.0 Å². The average molecular weight is 367 g/mol. The standard InChI is InChI=1S/C18H26FN3O2S/c19-17-5-3-16(4-6-17)12-22-13-18(14-25(22,23)24)21-9-7-20(8-10-21)11-15-1-2-15/h3-6,15,18H,1-2,7-14H2. The molecule has 2 aliphatic heterocycles. The van der Waals surface area contributed by atoms with Crippen molar-refractivity contribution in [3.05, 3.63) is 35.6 Å². The number of hydrogen-bond donors (Lipinski definition) is 0. The third kappa shape index (κ3) is 4.22. The summed E-state index contributed by atoms with van der Waals surface area (Å²) in [5, 5.41) is 0. The highest BCUT2D eigenvalue weighted by molar-refractivity contribution is 7.89. The van der Waals surface area contributed by atoms with Crippen LogP contribution in [0.3, 0.4) is 0 Å². The SMILES string of the molecule is O=S1(=O)CC(N2CCN(CC3CC3)CC2)CN1Cc1ccc(F)cc1. The zero-order valence-corrected chi connectivity index (χ0v) is 15.3. The number of rotatable bonds is 5. The molecule has 5 nitrogen and oxygen atoms in total. The Hall–Kier alpha value is -1.02. The first kappa shape index (κ1) is 17.4. The van der Waals surface area contributed by atoms with Gasteiger partial charge in [-0.25, -0.2) is 12.8 Å². The quantitative estimate of drug-likeness (QED) is 0.788. The van der Waals surface area contributed by atoms with E-state index in [0.717, 1.165) is 37.7 Å². The molecule has 4 rings (SSSR count). The summed E-state index contributed by atoms with van der Waals surface area (Å²) < 4.78 is 39.6. The molecule has 3 fully saturated rings. The minimum Gasteiger partial charge on any atom is -0.301 e. The molecule has 1 saturated carbocycles. The first-order valence-electron chi connectivity index (χ1n) is 9.18. The van der Waals surface area contributed by atoms with Crippen LogP contribution in [0.5, 0.6) is 0 Å². The third-order valence-electron chi connectivity index (χ3n) is 5.62. The molecule has 0 bridgehead atoms. The van der Waals surface area contributed by atoms with E-state index in [4.69, 9.17) is 0 Å². The summed E-state index contributed by atoms with van der Waals surface area (Å²) in [7, 11) is -3.23. The third-order valence-corrected chi connectivity index (χ3v) is 7.49. The molecule has 1 atom stereocenters. The topological polar surface area (TPSA) is 43.9 Å². The van der Waals surface area contributed by atoms with Gasteiger partial charge in [-0.05, 0) is 36.5 Å². The van der Waals surface area contributed by atoms with Crippen LogP contribution in [0, 0.1) is 11.7 Å². The Morgan fingerprint density at radius 3 is 2.36 bits per heavy atom. The van der Waals surface area contributed by atoms with Crippen molar-refractivity contribution in [3.8, 4) is 0 Å². The lowest BCUT2D eigenvalue weighted by molar-refractivity contribution is 0.0980. The van der Waals surface area contributed by atoms with Gasteiger partial charge in [0.05, 0.1) is 5.75 Å². The minimum absolute atomic E-state index is 0.0773. The summed E-state index contributed by atoms with van der Waals surface area (Å²) >= 11 is 0. The van der Waals surface area contributed by atoms with Gasteiger partial charge >= 0.3 is 0 Å². The second-order valence-electron chi connectivity index (χ2n) is 7.63. The van der Waals surface area contributed by atoms with Gasteiger partial charge in [0.15, 0.2) is 0 Å². The molecule has 1 aromatic carbocycles. The Balaban J connectivity index is 1.34. The fourth-order valence-corrected chi connectivity index (χ4v) is 5.66. The van der Waals surface area contributed by atoms with E-state index in [1.165, 1.54) is 31.5 Å². The van der Waals surface area contributed by atoms with Crippen molar-refractivity contribution in [3.63, 3.8) is 0 Å². The Morgan fingerprint density at radius 1 is 1.04 bits per heavy atom. The Labute approximate surface area is 149 Å². The fourth-order valence-electron chi connectivity index (χ4n) is 3.90. The van der Waals surface area contributed by atoms with E-state index in [-0.39, 0.29) is 17.6 Å². The lowest BCUT2D eigenvalue weighted by Gasteiger charge is -2.37. The van der Waals surface area contributed by atoms with E-state index in [0.29, 0.717) is 13.1 Å². The van der Waals surface area contributed by atoms with E-state index >= 15 is 0 Å². The normalized spacial score (nSPS) is 28.4. The predicted molar refractivity (Wildman–Crippen MR) is 95.1 cm³/mol. The summed E-state index contributed by atoms with van der Waals surface area (Å²) in [4.78, 5) is 4.86. The summed E-state index contributed by atoms with van der Waals surface area (Å²) in [5.41, 5.74) is 0.833. The molecule has 1 unspecified atom stereocenters. The fraction of sp³-hybridized carbons (Fsp3) is 0.667. The van der Waals surface area contributed by atoms with Crippen molar-refractivity contribution >= 4 is 10.0 Å². The molecule has 2 saturated heterocycles. The van der Waals surface area contributed by atoms with Crippen LogP contribution in [-0.2, 0) is 16.6 Å². The second-order valence-corrected chi connectivity index (χ2v) is 9.64. The number of benzene rings is 1. The van der Waals surface area contributed by atoms with E-state index < -0.39 is 10.0 Å². The minimum atomic E-state index is -3.23. The highest BCUT2D eigenvalue weighted by Gasteiger charge is 2.40. The molecule has 0 aromatic heterocycles. The van der Waals surface area contributed by atoms with Gasteiger partial charge in [-0.15, -0.1) is 0 Å². The van der Waals surface area contributed by atoms with Crippen molar-refractivity contribution in [2.45, 2.75) is 25.4 Å². The van der Waals surface area contributed by atoms with Crippen LogP contribution in [0.15, 0.2) is 24.3 Å². The summed E-state index contributed by atoms with van der Waals surface area (Å²) in [6.07, 6.45) is 2.75. The smallest absolute Gasteiger partial charge is 0.216 e. The molecule has 25 heavy (non-hydrogen) atoms. The Morgan fingerprint density at radius 2 is 1.72 bits per heavy atom. The van der Waals surface area contributed by atoms with Gasteiger partial charge in [0.1, 0.15) is 5.82 Å². The van der Waals surface area contributed by atoms with Crippen molar-refractivity contribution in [1.82, 2.24) is 14.1 Å². The maximum Gasteiger partial charge on any atom is 0.216 e. The maximum absolute atomic E-state index is 13.0. The molecule has 0 amide bonds. The van der Waals surface area contributed by atoms with E-state index in [1.807, 2.05) is 0 Å². The molecular weight excluding hydrogens is 341 g/mol. The molecule has 7 heteroatoms. The first-order chi connectivity index (χ1) is 12.0. The highest BCUT2D eigenvalue weighted by Crippen LogP contribution is 2.30. The molecular formula is C18H26FN3O2S. The zero-order valence-electron chi connectivity index (χ0n) is 14.5. The van der Waals surface area contributed by atoms with Gasteiger partial charge in [0, 0.05) is 51.9 Å². The molecule has 3 aliphatic rings. The first-order valence-corrected chi connectivity index (χ1v) is 10.8. The van der Waals surface area contributed by atoms with Crippen LogP contribution in [0.1, 0.15) is 18.4 Å². The van der Waals surface area contributed by atoms with Crippen molar-refractivity contribution < 1.29 is 12.8 Å². The molecule has 138 valence electrons. The largest absolute Gasteiger partial charge is 0.301 e. The van der Waals surface area contributed by atoms with E-state index in [1.54, 1.807) is 16.4 Å². The lowest BCUT2D eigenvalue weighted by atomic mass is 10.2. The molecule has 1 aromatic rings. The number of halogens is 1. The van der Waals surface area contributed by atoms with Gasteiger partial charge in [0.2, 0.25) is 10.0 Å². The van der Waals surface area contributed by atoms with Crippen molar-refractivity contribution in [2.24, 2.45) is 5.92 Å². The number of sulfonamides is 1. The average Bonchev–Trinajstić information content (AvgIpc) is 3.34. The monoisotopic (exact) mass is 367 g/mol. The van der Waals surface area contributed by atoms with Crippen LogP contribution in [-0.4, -0.2) is 73.6 Å². The van der Waals surface area contributed by atoms with Gasteiger partial charge in [-0.2, -0.15) is 4.31 Å². The van der Waals surface area contributed by atoms with Crippen LogP contribution in [0.4, 0.5) is 4.39 Å². The molecule has 0 spiro atoms. The van der Waals surface area contributed by atoms with Crippen molar-refractivity contribution in [1.29, 1.82) is 0 Å². The molecule has 2 heterocycles. The number of nitrogens with zero attached hydrogens (tertiary/aromatic N) is 3. The van der Waals surface area contributed by atoms with Crippen LogP contribution in [0.2, 0.25) is 0 Å². The molecule has 0 N–H and O–H groups in total. The Kier molecular flexibility index (Phi) is 4.83. The summed E-state index contributed by atoms with van der Waals surface area (Å²) in [6.45, 7) is 6.10. The maximum atomic E-state index is 13.0. The lowest BCUT2D eigenvalue weighted by Crippen LogP contribution is -2.52. The van der Waals surface area contributed by atoms with Crippen LogP contribution >= 0.6 is 0 Å². The molecule has 1 aliphatic carbocycles. The second kappa shape index (κ2) is 6.95. The van der Waals surface area contributed by atoms with Crippen LogP contribution in [0.25, 0.3) is 0 Å². The zero-order chi connectivity index (χ0) is 17.4. The Bertz CT molecular complexity index is 698. The summed E-state index contributed by atoms with van der Waals surface area (Å²) in [5.74, 6) is 0.816. The van der Waals surface area contributed by atoms with Gasteiger partial charge < -0.3 is 4.90 Å². The number of hydrogen-bond acceptors (Lipinski definition) is 4. The highest BCUT2D eigenvalue weighted by atomic mass is 32.2. The van der Waals surface area contributed by atoms with Gasteiger partial charge in [-0.1, -0.05) is 12.1 Å². The van der Waals surface area contributed by atoms with Gasteiger partial charge in [-0.3, -0.25) is 4.90 Å². The predicted octanol–water partition coefficient (Wildman–Crippen LogP) is 1.37. The van der Waals surface area contributed by atoms with Crippen LogP contribution < -0.4 is 0 Å². The van der Waals surface area contributed by atoms with E-state index in [9.17, 15) is 12.8 Å². The van der Waals surface area contributed by atoms with Gasteiger partial charge in [0.25, 0.3) is 0 Å².